The first-order valence-corrected chi connectivity index (χ1v) is 10.2. The number of benzene rings is 2. The number of allylic oxidation sites excluding steroid dienone is 1. The zero-order chi connectivity index (χ0) is 19.1. The number of methoxy groups -OCH3 is 2. The van der Waals surface area contributed by atoms with Crippen LogP contribution in [0.4, 0.5) is 0 Å². The molecule has 0 atom stereocenters. The van der Waals surface area contributed by atoms with E-state index < -0.39 is 0 Å². The SMILES string of the molecule is COc1cccc(C(=O)/C=C/c2ccc(OC)c(CN3CCSCC3)c2)c1. The van der Waals surface area contributed by atoms with Crippen LogP contribution in [0.2, 0.25) is 0 Å². The summed E-state index contributed by atoms with van der Waals surface area (Å²) in [5, 5.41) is 0. The van der Waals surface area contributed by atoms with E-state index in [-0.39, 0.29) is 5.78 Å². The Balaban J connectivity index is 1.74. The van der Waals surface area contributed by atoms with Crippen LogP contribution in [-0.2, 0) is 6.54 Å². The summed E-state index contributed by atoms with van der Waals surface area (Å²) in [5.74, 6) is 3.89. The summed E-state index contributed by atoms with van der Waals surface area (Å²) >= 11 is 2.00. The molecule has 4 nitrogen and oxygen atoms in total. The van der Waals surface area contributed by atoms with Gasteiger partial charge in [0.2, 0.25) is 0 Å². The second-order valence-electron chi connectivity index (χ2n) is 6.39. The van der Waals surface area contributed by atoms with Gasteiger partial charge in [-0.1, -0.05) is 24.3 Å². The van der Waals surface area contributed by atoms with E-state index in [4.69, 9.17) is 9.47 Å². The quantitative estimate of drug-likeness (QED) is 0.531. The molecular weight excluding hydrogens is 358 g/mol. The Hall–Kier alpha value is -2.24. The van der Waals surface area contributed by atoms with Gasteiger partial charge in [-0.3, -0.25) is 9.69 Å². The Morgan fingerprint density at radius 1 is 1.11 bits per heavy atom. The van der Waals surface area contributed by atoms with Crippen molar-refractivity contribution in [2.45, 2.75) is 6.54 Å². The van der Waals surface area contributed by atoms with Crippen molar-refractivity contribution < 1.29 is 14.3 Å². The zero-order valence-corrected chi connectivity index (χ0v) is 16.6. The summed E-state index contributed by atoms with van der Waals surface area (Å²) in [6, 6.07) is 13.3. The Morgan fingerprint density at radius 3 is 2.67 bits per heavy atom. The van der Waals surface area contributed by atoms with E-state index in [1.165, 1.54) is 11.5 Å². The number of thioether (sulfide) groups is 1. The Morgan fingerprint density at radius 2 is 1.93 bits per heavy atom. The van der Waals surface area contributed by atoms with Gasteiger partial charge < -0.3 is 9.47 Å². The van der Waals surface area contributed by atoms with Crippen molar-refractivity contribution in [3.8, 4) is 11.5 Å². The van der Waals surface area contributed by atoms with E-state index in [2.05, 4.69) is 11.0 Å². The van der Waals surface area contributed by atoms with E-state index in [9.17, 15) is 4.79 Å². The largest absolute Gasteiger partial charge is 0.497 e. The van der Waals surface area contributed by atoms with E-state index >= 15 is 0 Å². The lowest BCUT2D eigenvalue weighted by molar-refractivity contribution is 0.104. The highest BCUT2D eigenvalue weighted by molar-refractivity contribution is 7.99. The monoisotopic (exact) mass is 383 g/mol. The number of ether oxygens (including phenoxy) is 2. The molecule has 2 aromatic rings. The smallest absolute Gasteiger partial charge is 0.185 e. The summed E-state index contributed by atoms with van der Waals surface area (Å²) in [6.07, 6.45) is 3.47. The Bertz CT molecular complexity index is 813. The molecule has 0 radical (unpaired) electrons. The number of hydrogen-bond acceptors (Lipinski definition) is 5. The number of nitrogens with zero attached hydrogens (tertiary/aromatic N) is 1. The van der Waals surface area contributed by atoms with Gasteiger partial charge in [-0.2, -0.15) is 11.8 Å². The van der Waals surface area contributed by atoms with Gasteiger partial charge in [-0.15, -0.1) is 0 Å². The van der Waals surface area contributed by atoms with Gasteiger partial charge in [0.15, 0.2) is 5.78 Å². The van der Waals surface area contributed by atoms with Crippen LogP contribution in [0.15, 0.2) is 48.5 Å². The molecule has 0 aliphatic carbocycles. The number of rotatable bonds is 7. The van der Waals surface area contributed by atoms with Gasteiger partial charge in [0.1, 0.15) is 11.5 Å². The van der Waals surface area contributed by atoms with E-state index in [1.807, 2.05) is 42.1 Å². The minimum Gasteiger partial charge on any atom is -0.497 e. The van der Waals surface area contributed by atoms with E-state index in [0.717, 1.165) is 36.5 Å². The predicted octanol–water partition coefficient (Wildman–Crippen LogP) is 4.15. The average molecular weight is 384 g/mol. The van der Waals surface area contributed by atoms with Crippen LogP contribution in [0.25, 0.3) is 6.08 Å². The highest BCUT2D eigenvalue weighted by atomic mass is 32.2. The fourth-order valence-electron chi connectivity index (χ4n) is 3.07. The minimum absolute atomic E-state index is 0.0423. The highest BCUT2D eigenvalue weighted by Gasteiger charge is 2.13. The van der Waals surface area contributed by atoms with Crippen LogP contribution in [0.1, 0.15) is 21.5 Å². The molecule has 1 aliphatic heterocycles. The van der Waals surface area contributed by atoms with E-state index in [0.29, 0.717) is 11.3 Å². The fraction of sp³-hybridized carbons (Fsp3) is 0.318. The number of carbonyl (C=O) groups excluding carboxylic acids is 1. The van der Waals surface area contributed by atoms with Crippen LogP contribution in [-0.4, -0.2) is 49.5 Å². The minimum atomic E-state index is -0.0423. The maximum atomic E-state index is 12.4. The lowest BCUT2D eigenvalue weighted by Gasteiger charge is -2.26. The van der Waals surface area contributed by atoms with E-state index in [1.54, 1.807) is 32.4 Å². The molecule has 27 heavy (non-hydrogen) atoms. The molecule has 1 heterocycles. The van der Waals surface area contributed by atoms with Crippen LogP contribution < -0.4 is 9.47 Å². The predicted molar refractivity (Wildman–Crippen MR) is 112 cm³/mol. The molecule has 0 bridgehead atoms. The lowest BCUT2D eigenvalue weighted by atomic mass is 10.1. The first-order chi connectivity index (χ1) is 13.2. The third-order valence-corrected chi connectivity index (χ3v) is 5.53. The second kappa shape index (κ2) is 9.62. The molecule has 3 rings (SSSR count). The van der Waals surface area contributed by atoms with Gasteiger partial charge in [0.05, 0.1) is 14.2 Å². The summed E-state index contributed by atoms with van der Waals surface area (Å²) in [4.78, 5) is 14.9. The van der Waals surface area contributed by atoms with Gasteiger partial charge in [-0.25, -0.2) is 0 Å². The topological polar surface area (TPSA) is 38.8 Å². The first-order valence-electron chi connectivity index (χ1n) is 9.03. The Kier molecular flexibility index (Phi) is 6.96. The average Bonchev–Trinajstić information content (AvgIpc) is 2.73. The first kappa shape index (κ1) is 19.5. The van der Waals surface area contributed by atoms with Crippen molar-refractivity contribution in [2.75, 3.05) is 38.8 Å². The van der Waals surface area contributed by atoms with Gasteiger partial charge in [-0.05, 0) is 35.9 Å². The number of carbonyl (C=O) groups is 1. The molecule has 1 fully saturated rings. The maximum Gasteiger partial charge on any atom is 0.185 e. The molecule has 1 saturated heterocycles. The summed E-state index contributed by atoms with van der Waals surface area (Å²) in [7, 11) is 3.30. The van der Waals surface area contributed by atoms with Crippen LogP contribution >= 0.6 is 11.8 Å². The molecule has 0 N–H and O–H groups in total. The molecule has 0 unspecified atom stereocenters. The zero-order valence-electron chi connectivity index (χ0n) is 15.8. The van der Waals surface area contributed by atoms with Crippen molar-refractivity contribution in [1.82, 2.24) is 4.90 Å². The van der Waals surface area contributed by atoms with Crippen molar-refractivity contribution in [3.63, 3.8) is 0 Å². The van der Waals surface area contributed by atoms with Gasteiger partial charge in [0.25, 0.3) is 0 Å². The van der Waals surface area contributed by atoms with Crippen molar-refractivity contribution in [2.24, 2.45) is 0 Å². The second-order valence-corrected chi connectivity index (χ2v) is 7.61. The fourth-order valence-corrected chi connectivity index (χ4v) is 4.05. The van der Waals surface area contributed by atoms with Gasteiger partial charge >= 0.3 is 0 Å². The van der Waals surface area contributed by atoms with Crippen LogP contribution in [0.5, 0.6) is 11.5 Å². The van der Waals surface area contributed by atoms with Crippen molar-refractivity contribution in [3.05, 3.63) is 65.2 Å². The Labute approximate surface area is 165 Å². The molecule has 2 aromatic carbocycles. The third-order valence-electron chi connectivity index (χ3n) is 4.58. The molecule has 0 amide bonds. The summed E-state index contributed by atoms with van der Waals surface area (Å²) in [5.41, 5.74) is 2.76. The summed E-state index contributed by atoms with van der Waals surface area (Å²) < 4.78 is 10.7. The van der Waals surface area contributed by atoms with Gasteiger partial charge in [0, 0.05) is 42.3 Å². The normalized spacial score (nSPS) is 15.0. The van der Waals surface area contributed by atoms with Crippen molar-refractivity contribution in [1.29, 1.82) is 0 Å². The molecule has 0 spiro atoms. The molecule has 1 aliphatic rings. The van der Waals surface area contributed by atoms with Crippen molar-refractivity contribution >= 4 is 23.6 Å². The summed E-state index contributed by atoms with van der Waals surface area (Å²) in [6.45, 7) is 3.07. The molecular formula is C22H25NO3S. The lowest BCUT2D eigenvalue weighted by Crippen LogP contribution is -2.32. The van der Waals surface area contributed by atoms with Crippen LogP contribution in [0.3, 0.4) is 0 Å². The third kappa shape index (κ3) is 5.37. The van der Waals surface area contributed by atoms with Crippen LogP contribution in [0, 0.1) is 0 Å². The maximum absolute atomic E-state index is 12.4. The highest BCUT2D eigenvalue weighted by Crippen LogP contribution is 2.24. The molecule has 0 saturated carbocycles. The molecule has 0 aromatic heterocycles. The number of ketones is 1. The number of hydrogen-bond donors (Lipinski definition) is 0. The molecule has 142 valence electrons. The standard InChI is InChI=1S/C22H25NO3S/c1-25-20-5-3-4-18(15-20)21(24)8-6-17-7-9-22(26-2)19(14-17)16-23-10-12-27-13-11-23/h3-9,14-15H,10-13,16H2,1-2H3/b8-6+. The molecule has 5 heteroatoms.